The second-order valence-corrected chi connectivity index (χ2v) is 8.46. The molecule has 1 atom stereocenters. The number of para-hydroxylation sites is 2. The van der Waals surface area contributed by atoms with Gasteiger partial charge in [0.15, 0.2) is 0 Å². The van der Waals surface area contributed by atoms with Crippen molar-refractivity contribution in [1.29, 1.82) is 0 Å². The molecule has 1 fully saturated rings. The Morgan fingerprint density at radius 1 is 1.10 bits per heavy atom. The number of hydrogen-bond acceptors (Lipinski definition) is 2. The van der Waals surface area contributed by atoms with E-state index in [1.165, 1.54) is 10.9 Å². The van der Waals surface area contributed by atoms with Crippen molar-refractivity contribution >= 4 is 27.9 Å². The van der Waals surface area contributed by atoms with Gasteiger partial charge in [0.1, 0.15) is 0 Å². The number of aliphatic carboxylic acids is 1. The van der Waals surface area contributed by atoms with Crippen molar-refractivity contribution < 1.29 is 9.90 Å². The summed E-state index contributed by atoms with van der Waals surface area (Å²) in [6, 6.07) is 13.7. The molecule has 4 aromatic rings. The third kappa shape index (κ3) is 2.95. The predicted molar refractivity (Wildman–Crippen MR) is 117 cm³/mol. The number of fused-ring (bicyclic) bond motifs is 2. The average molecular weight is 403 g/mol. The lowest BCUT2D eigenvalue weighted by Gasteiger charge is -2.16. The number of carboxylic acid groups (broad SMARTS) is 1. The molecule has 1 N–H and O–H groups in total. The third-order valence-corrected chi connectivity index (χ3v) is 6.38. The number of rotatable bonds is 6. The molecule has 6 nitrogen and oxygen atoms in total. The first-order chi connectivity index (χ1) is 14.5. The first-order valence-corrected chi connectivity index (χ1v) is 10.4. The van der Waals surface area contributed by atoms with Gasteiger partial charge in [-0.15, -0.1) is 0 Å². The van der Waals surface area contributed by atoms with Gasteiger partial charge >= 0.3 is 11.7 Å². The largest absolute Gasteiger partial charge is 0.481 e. The molecule has 0 amide bonds. The lowest BCUT2D eigenvalue weighted by molar-refractivity contribution is -0.138. The van der Waals surface area contributed by atoms with Gasteiger partial charge in [-0.2, -0.15) is 0 Å². The SMILES string of the molecule is Cc1cccc2c1c(Cn1c(=O)n(C(CC(=O)O)C3CC3)c3ccccc31)cn2C. The third-order valence-electron chi connectivity index (χ3n) is 6.38. The van der Waals surface area contributed by atoms with Crippen molar-refractivity contribution in [3.8, 4) is 0 Å². The molecule has 6 heteroatoms. The van der Waals surface area contributed by atoms with E-state index in [-0.39, 0.29) is 24.1 Å². The maximum atomic E-state index is 13.6. The van der Waals surface area contributed by atoms with Crippen LogP contribution in [0.4, 0.5) is 0 Å². The van der Waals surface area contributed by atoms with Gasteiger partial charge in [-0.3, -0.25) is 13.9 Å². The summed E-state index contributed by atoms with van der Waals surface area (Å²) >= 11 is 0. The molecule has 1 aliphatic rings. The van der Waals surface area contributed by atoms with E-state index in [0.717, 1.165) is 35.0 Å². The van der Waals surface area contributed by atoms with Gasteiger partial charge in [-0.25, -0.2) is 4.79 Å². The van der Waals surface area contributed by atoms with Crippen LogP contribution in [-0.4, -0.2) is 24.8 Å². The van der Waals surface area contributed by atoms with Crippen LogP contribution in [0.1, 0.15) is 36.4 Å². The molecule has 0 saturated heterocycles. The number of benzene rings is 2. The van der Waals surface area contributed by atoms with E-state index in [1.807, 2.05) is 37.4 Å². The number of hydrogen-bond donors (Lipinski definition) is 1. The molecule has 2 aromatic carbocycles. The molecule has 30 heavy (non-hydrogen) atoms. The molecule has 0 aliphatic heterocycles. The summed E-state index contributed by atoms with van der Waals surface area (Å²) < 4.78 is 5.63. The van der Waals surface area contributed by atoms with E-state index in [9.17, 15) is 14.7 Å². The summed E-state index contributed by atoms with van der Waals surface area (Å²) in [5.41, 5.74) is 4.96. The lowest BCUT2D eigenvalue weighted by atomic mass is 10.1. The summed E-state index contributed by atoms with van der Waals surface area (Å²) in [7, 11) is 2.02. The first-order valence-electron chi connectivity index (χ1n) is 10.4. The van der Waals surface area contributed by atoms with Crippen LogP contribution in [0.25, 0.3) is 21.9 Å². The molecule has 0 spiro atoms. The maximum Gasteiger partial charge on any atom is 0.329 e. The molecular formula is C24H25N3O3. The minimum Gasteiger partial charge on any atom is -0.481 e. The number of aromatic nitrogens is 3. The Hall–Kier alpha value is -3.28. The summed E-state index contributed by atoms with van der Waals surface area (Å²) in [6.07, 6.45) is 4.02. The van der Waals surface area contributed by atoms with Gasteiger partial charge in [0.05, 0.1) is 30.0 Å². The highest BCUT2D eigenvalue weighted by Gasteiger charge is 2.36. The molecule has 2 aromatic heterocycles. The average Bonchev–Trinajstić information content (AvgIpc) is 3.45. The van der Waals surface area contributed by atoms with E-state index < -0.39 is 5.97 Å². The molecule has 154 valence electrons. The van der Waals surface area contributed by atoms with E-state index in [1.54, 1.807) is 9.13 Å². The predicted octanol–water partition coefficient (Wildman–Crippen LogP) is 4.08. The molecule has 0 radical (unpaired) electrons. The van der Waals surface area contributed by atoms with Gasteiger partial charge in [0, 0.05) is 24.1 Å². The summed E-state index contributed by atoms with van der Waals surface area (Å²) in [5.74, 6) is -0.599. The normalized spacial score (nSPS) is 15.1. The van der Waals surface area contributed by atoms with Crippen LogP contribution in [0.15, 0.2) is 53.5 Å². The van der Waals surface area contributed by atoms with Gasteiger partial charge in [0.2, 0.25) is 0 Å². The Bertz CT molecular complexity index is 1340. The van der Waals surface area contributed by atoms with Crippen LogP contribution in [0, 0.1) is 12.8 Å². The fraction of sp³-hybridized carbons (Fsp3) is 0.333. The molecule has 0 bridgehead atoms. The molecule has 1 aliphatic carbocycles. The number of carbonyl (C=O) groups is 1. The molecule has 1 saturated carbocycles. The highest BCUT2D eigenvalue weighted by atomic mass is 16.4. The number of imidazole rings is 1. The van der Waals surface area contributed by atoms with Crippen molar-refractivity contribution in [3.05, 3.63) is 70.3 Å². The molecule has 2 heterocycles. The zero-order valence-corrected chi connectivity index (χ0v) is 17.2. The Morgan fingerprint density at radius 2 is 1.80 bits per heavy atom. The Morgan fingerprint density at radius 3 is 2.50 bits per heavy atom. The molecule has 5 rings (SSSR count). The minimum atomic E-state index is -0.861. The zero-order valence-electron chi connectivity index (χ0n) is 17.2. The van der Waals surface area contributed by atoms with Crippen LogP contribution in [-0.2, 0) is 18.4 Å². The topological polar surface area (TPSA) is 69.2 Å². The fourth-order valence-electron chi connectivity index (χ4n) is 4.86. The Kier molecular flexibility index (Phi) is 4.31. The van der Waals surface area contributed by atoms with Crippen molar-refractivity contribution in [1.82, 2.24) is 13.7 Å². The minimum absolute atomic E-state index is 0.0219. The molecular weight excluding hydrogens is 378 g/mol. The zero-order chi connectivity index (χ0) is 21.0. The maximum absolute atomic E-state index is 13.6. The Labute approximate surface area is 174 Å². The number of aryl methyl sites for hydroxylation is 2. The smallest absolute Gasteiger partial charge is 0.329 e. The number of nitrogens with zero attached hydrogens (tertiary/aromatic N) is 3. The number of carboxylic acids is 1. The second kappa shape index (κ2) is 6.90. The monoisotopic (exact) mass is 403 g/mol. The molecule has 1 unspecified atom stereocenters. The summed E-state index contributed by atoms with van der Waals surface area (Å²) in [4.78, 5) is 25.1. The second-order valence-electron chi connectivity index (χ2n) is 8.46. The first kappa shape index (κ1) is 18.7. The van der Waals surface area contributed by atoms with E-state index >= 15 is 0 Å². The van der Waals surface area contributed by atoms with E-state index in [2.05, 4.69) is 29.8 Å². The summed E-state index contributed by atoms with van der Waals surface area (Å²) in [5, 5.41) is 10.6. The van der Waals surface area contributed by atoms with E-state index in [4.69, 9.17) is 0 Å². The standard InChI is InChI=1S/C24H25N3O3/c1-15-6-5-9-20-23(15)17(13-25(20)2)14-26-18-7-3-4-8-19(18)27(24(26)30)21(12-22(28)29)16-10-11-16/h3-9,13,16,21H,10-12,14H2,1-2H3,(H,28,29). The van der Waals surface area contributed by atoms with Gasteiger partial charge < -0.3 is 9.67 Å². The van der Waals surface area contributed by atoms with Crippen molar-refractivity contribution in [2.75, 3.05) is 0 Å². The highest BCUT2D eigenvalue weighted by Crippen LogP contribution is 2.42. The van der Waals surface area contributed by atoms with Crippen LogP contribution >= 0.6 is 0 Å². The summed E-state index contributed by atoms with van der Waals surface area (Å²) in [6.45, 7) is 2.55. The van der Waals surface area contributed by atoms with Crippen LogP contribution < -0.4 is 5.69 Å². The van der Waals surface area contributed by atoms with Gasteiger partial charge in [-0.1, -0.05) is 24.3 Å². The van der Waals surface area contributed by atoms with Crippen LogP contribution in [0.3, 0.4) is 0 Å². The lowest BCUT2D eigenvalue weighted by Crippen LogP contribution is -2.30. The van der Waals surface area contributed by atoms with Gasteiger partial charge in [0.25, 0.3) is 0 Å². The quantitative estimate of drug-likeness (QED) is 0.527. The van der Waals surface area contributed by atoms with Crippen molar-refractivity contribution in [3.63, 3.8) is 0 Å². The van der Waals surface area contributed by atoms with Gasteiger partial charge in [-0.05, 0) is 55.0 Å². The highest BCUT2D eigenvalue weighted by molar-refractivity contribution is 5.87. The van der Waals surface area contributed by atoms with Crippen LogP contribution in [0.2, 0.25) is 0 Å². The van der Waals surface area contributed by atoms with E-state index in [0.29, 0.717) is 6.54 Å². The van der Waals surface area contributed by atoms with Crippen molar-refractivity contribution in [2.24, 2.45) is 13.0 Å². The van der Waals surface area contributed by atoms with Crippen molar-refractivity contribution in [2.45, 2.75) is 38.8 Å². The Balaban J connectivity index is 1.69. The van der Waals surface area contributed by atoms with Crippen LogP contribution in [0.5, 0.6) is 0 Å². The fourth-order valence-corrected chi connectivity index (χ4v) is 4.86.